The first-order chi connectivity index (χ1) is 5.10. The van der Waals surface area contributed by atoms with Gasteiger partial charge in [-0.05, 0) is 0 Å². The smallest absolute Gasteiger partial charge is 0.257 e. The highest BCUT2D eigenvalue weighted by Gasteiger charge is 2.39. The number of amides is 1. The number of methoxy groups -OCH3 is 1. The maximum absolute atomic E-state index is 10.9. The highest BCUT2D eigenvalue weighted by Crippen LogP contribution is 2.14. The van der Waals surface area contributed by atoms with Crippen LogP contribution in [0.15, 0.2) is 5.10 Å². The summed E-state index contributed by atoms with van der Waals surface area (Å²) >= 11 is 0. The van der Waals surface area contributed by atoms with Crippen LogP contribution < -0.4 is 5.73 Å². The van der Waals surface area contributed by atoms with E-state index in [1.165, 1.54) is 13.3 Å². The number of carbonyl (C=O) groups is 1. The largest absolute Gasteiger partial charge is 0.367 e. The summed E-state index contributed by atoms with van der Waals surface area (Å²) < 4.78 is 4.97. The molecule has 1 rings (SSSR count). The van der Waals surface area contributed by atoms with Gasteiger partial charge in [-0.1, -0.05) is 0 Å². The molecule has 0 saturated carbocycles. The third-order valence-electron chi connectivity index (χ3n) is 1.71. The monoisotopic (exact) mass is 157 g/mol. The fourth-order valence-electron chi connectivity index (χ4n) is 0.973. The Bertz CT molecular complexity index is 204. The van der Waals surface area contributed by atoms with Crippen molar-refractivity contribution in [3.8, 4) is 0 Å². The SMILES string of the molecule is COC1(C(N)=O)C=NN(C)C1. The van der Waals surface area contributed by atoms with Crippen LogP contribution in [0.5, 0.6) is 0 Å². The Labute approximate surface area is 64.8 Å². The van der Waals surface area contributed by atoms with Crippen LogP contribution in [0.2, 0.25) is 0 Å². The van der Waals surface area contributed by atoms with E-state index in [1.54, 1.807) is 12.1 Å². The van der Waals surface area contributed by atoms with Gasteiger partial charge in [0.05, 0.1) is 12.8 Å². The van der Waals surface area contributed by atoms with Crippen LogP contribution in [-0.4, -0.2) is 43.4 Å². The topological polar surface area (TPSA) is 67.9 Å². The minimum Gasteiger partial charge on any atom is -0.367 e. The van der Waals surface area contributed by atoms with Crippen LogP contribution in [0.4, 0.5) is 0 Å². The van der Waals surface area contributed by atoms with Crippen LogP contribution in [0.3, 0.4) is 0 Å². The van der Waals surface area contributed by atoms with Crippen LogP contribution in [0.25, 0.3) is 0 Å². The fraction of sp³-hybridized carbons (Fsp3) is 0.667. The lowest BCUT2D eigenvalue weighted by atomic mass is 10.1. The molecule has 0 radical (unpaired) electrons. The van der Waals surface area contributed by atoms with Gasteiger partial charge in [-0.3, -0.25) is 9.80 Å². The summed E-state index contributed by atoms with van der Waals surface area (Å²) in [4.78, 5) is 10.9. The molecule has 0 spiro atoms. The van der Waals surface area contributed by atoms with Crippen molar-refractivity contribution < 1.29 is 9.53 Å². The zero-order valence-corrected chi connectivity index (χ0v) is 6.57. The third-order valence-corrected chi connectivity index (χ3v) is 1.71. The maximum Gasteiger partial charge on any atom is 0.257 e. The Kier molecular flexibility index (Phi) is 1.82. The zero-order chi connectivity index (χ0) is 8.48. The normalized spacial score (nSPS) is 29.5. The molecule has 1 aliphatic heterocycles. The van der Waals surface area contributed by atoms with Gasteiger partial charge in [0.2, 0.25) is 5.60 Å². The second kappa shape index (κ2) is 2.50. The van der Waals surface area contributed by atoms with Gasteiger partial charge in [0.15, 0.2) is 0 Å². The molecule has 11 heavy (non-hydrogen) atoms. The second-order valence-corrected chi connectivity index (χ2v) is 2.52. The molecule has 1 aliphatic rings. The number of primary amides is 1. The first kappa shape index (κ1) is 8.00. The predicted octanol–water partition coefficient (Wildman–Crippen LogP) is -1.21. The van der Waals surface area contributed by atoms with Gasteiger partial charge < -0.3 is 10.5 Å². The van der Waals surface area contributed by atoms with Gasteiger partial charge in [0.25, 0.3) is 5.91 Å². The quantitative estimate of drug-likeness (QED) is 0.546. The lowest BCUT2D eigenvalue weighted by Gasteiger charge is -2.20. The van der Waals surface area contributed by atoms with Crippen molar-refractivity contribution in [3.05, 3.63) is 0 Å². The summed E-state index contributed by atoms with van der Waals surface area (Å²) in [6.07, 6.45) is 1.43. The van der Waals surface area contributed by atoms with E-state index >= 15 is 0 Å². The van der Waals surface area contributed by atoms with Gasteiger partial charge in [0.1, 0.15) is 0 Å². The molecule has 0 aromatic carbocycles. The molecule has 0 fully saturated rings. The minimum atomic E-state index is -1.02. The molecule has 5 nitrogen and oxygen atoms in total. The minimum absolute atomic E-state index is 0.388. The van der Waals surface area contributed by atoms with Gasteiger partial charge in [-0.25, -0.2) is 0 Å². The Morgan fingerprint density at radius 3 is 2.73 bits per heavy atom. The summed E-state index contributed by atoms with van der Waals surface area (Å²) in [6.45, 7) is 0.388. The lowest BCUT2D eigenvalue weighted by molar-refractivity contribution is -0.132. The molecule has 1 unspecified atom stereocenters. The van der Waals surface area contributed by atoms with E-state index in [0.717, 1.165) is 0 Å². The molecule has 1 atom stereocenters. The van der Waals surface area contributed by atoms with Crippen LogP contribution in [-0.2, 0) is 9.53 Å². The molecular weight excluding hydrogens is 146 g/mol. The number of carbonyl (C=O) groups excluding carboxylic acids is 1. The molecule has 62 valence electrons. The Balaban J connectivity index is 2.80. The van der Waals surface area contributed by atoms with E-state index in [9.17, 15) is 4.79 Å². The van der Waals surface area contributed by atoms with Crippen molar-refractivity contribution in [1.82, 2.24) is 5.01 Å². The van der Waals surface area contributed by atoms with E-state index in [-0.39, 0.29) is 0 Å². The highest BCUT2D eigenvalue weighted by atomic mass is 16.5. The number of rotatable bonds is 2. The molecule has 0 bridgehead atoms. The van der Waals surface area contributed by atoms with Gasteiger partial charge in [0, 0.05) is 14.2 Å². The first-order valence-corrected chi connectivity index (χ1v) is 3.22. The summed E-state index contributed by atoms with van der Waals surface area (Å²) in [5.41, 5.74) is 4.10. The summed E-state index contributed by atoms with van der Waals surface area (Å²) in [6, 6.07) is 0. The Morgan fingerprint density at radius 2 is 2.55 bits per heavy atom. The number of ether oxygens (including phenoxy) is 1. The first-order valence-electron chi connectivity index (χ1n) is 3.22. The average Bonchev–Trinajstić information content (AvgIpc) is 2.33. The number of hydrazone groups is 1. The molecule has 0 aromatic rings. The molecule has 1 amide bonds. The van der Waals surface area contributed by atoms with Crippen LogP contribution >= 0.6 is 0 Å². The molecule has 2 N–H and O–H groups in total. The summed E-state index contributed by atoms with van der Waals surface area (Å²) in [7, 11) is 3.19. The average molecular weight is 157 g/mol. The van der Waals surface area contributed by atoms with E-state index in [2.05, 4.69) is 5.10 Å². The van der Waals surface area contributed by atoms with E-state index in [1.807, 2.05) is 0 Å². The lowest BCUT2D eigenvalue weighted by Crippen LogP contribution is -2.49. The standard InChI is InChI=1S/C6H11N3O2/c1-9-4-6(11-2,3-8-9)5(7)10/h3H,4H2,1-2H3,(H2,7,10). The van der Waals surface area contributed by atoms with Gasteiger partial charge >= 0.3 is 0 Å². The summed E-state index contributed by atoms with van der Waals surface area (Å²) in [5.74, 6) is -0.506. The van der Waals surface area contributed by atoms with E-state index in [4.69, 9.17) is 10.5 Å². The Hall–Kier alpha value is -1.10. The predicted molar refractivity (Wildman–Crippen MR) is 40.1 cm³/mol. The highest BCUT2D eigenvalue weighted by molar-refractivity contribution is 6.02. The Morgan fingerprint density at radius 1 is 1.91 bits per heavy atom. The number of nitrogens with zero attached hydrogens (tertiary/aromatic N) is 2. The van der Waals surface area contributed by atoms with Gasteiger partial charge in [-0.15, -0.1) is 0 Å². The van der Waals surface area contributed by atoms with Crippen molar-refractivity contribution in [2.45, 2.75) is 5.60 Å². The van der Waals surface area contributed by atoms with Crippen LogP contribution in [0, 0.1) is 0 Å². The van der Waals surface area contributed by atoms with Gasteiger partial charge in [-0.2, -0.15) is 5.10 Å². The molecule has 0 saturated heterocycles. The van der Waals surface area contributed by atoms with Crippen molar-refractivity contribution in [1.29, 1.82) is 0 Å². The second-order valence-electron chi connectivity index (χ2n) is 2.52. The van der Waals surface area contributed by atoms with Crippen LogP contribution in [0.1, 0.15) is 0 Å². The zero-order valence-electron chi connectivity index (χ0n) is 6.57. The van der Waals surface area contributed by atoms with Crippen molar-refractivity contribution in [2.75, 3.05) is 20.7 Å². The van der Waals surface area contributed by atoms with E-state index in [0.29, 0.717) is 6.54 Å². The fourth-order valence-corrected chi connectivity index (χ4v) is 0.973. The number of nitrogens with two attached hydrogens (primary N) is 1. The van der Waals surface area contributed by atoms with Crippen molar-refractivity contribution in [3.63, 3.8) is 0 Å². The number of hydrogen-bond acceptors (Lipinski definition) is 4. The molecule has 0 aliphatic carbocycles. The third kappa shape index (κ3) is 1.19. The number of likely N-dealkylation sites (N-methyl/N-ethyl adjacent to an activating group) is 1. The van der Waals surface area contributed by atoms with Crippen molar-refractivity contribution in [2.24, 2.45) is 10.8 Å². The van der Waals surface area contributed by atoms with E-state index < -0.39 is 11.5 Å². The summed E-state index contributed by atoms with van der Waals surface area (Å²) in [5, 5.41) is 5.47. The molecule has 1 heterocycles. The molecule has 5 heteroatoms. The number of hydrogen-bond donors (Lipinski definition) is 1. The molecular formula is C6H11N3O2. The maximum atomic E-state index is 10.9. The van der Waals surface area contributed by atoms with Crippen molar-refractivity contribution >= 4 is 12.1 Å². The molecule has 0 aromatic heterocycles.